The van der Waals surface area contributed by atoms with E-state index in [0.29, 0.717) is 32.1 Å². The minimum Gasteiger partial charge on any atom is -0.0683 e. The second kappa shape index (κ2) is 13.7. The molecule has 1 amide bonds. The molecule has 0 spiro atoms. The summed E-state index contributed by atoms with van der Waals surface area (Å²) in [6.07, 6.45) is 3.92. The Bertz CT molecular complexity index is 920. The first-order valence-electron chi connectivity index (χ1n) is 13.6. The van der Waals surface area contributed by atoms with Gasteiger partial charge in [-0.05, 0) is 0 Å². The van der Waals surface area contributed by atoms with Crippen molar-refractivity contribution in [2.75, 3.05) is 19.6 Å². The van der Waals surface area contributed by atoms with E-state index in [1.807, 2.05) is 57.7 Å². The molecule has 1 aromatic carbocycles. The summed E-state index contributed by atoms with van der Waals surface area (Å²) in [6, 6.07) is 10.3. The molecule has 0 aliphatic carbocycles. The summed E-state index contributed by atoms with van der Waals surface area (Å²) in [4.78, 5) is 17.1. The molecule has 0 saturated carbocycles. The van der Waals surface area contributed by atoms with Crippen LogP contribution in [0.25, 0.3) is 0 Å². The van der Waals surface area contributed by atoms with Crippen LogP contribution in [-0.4, -0.2) is 59.9 Å². The molecule has 2 aliphatic rings. The predicted octanol–water partition coefficient (Wildman–Crippen LogP) is 6.68. The van der Waals surface area contributed by atoms with Crippen molar-refractivity contribution in [2.45, 2.75) is 92.3 Å². The third-order valence-corrected chi connectivity index (χ3v) is 6.86. The van der Waals surface area contributed by atoms with E-state index in [4.69, 9.17) is 9.47 Å². The van der Waals surface area contributed by atoms with Crippen molar-refractivity contribution in [1.29, 1.82) is 0 Å². The number of nitrogens with zero attached hydrogens (tertiary/aromatic N) is 2. The van der Waals surface area contributed by atoms with Crippen LogP contribution in [0, 0.1) is 5.92 Å². The molecule has 36 heavy (non-hydrogen) atoms. The Morgan fingerprint density at radius 1 is 1.17 bits per heavy atom. The molecule has 3 unspecified atom stereocenters. The van der Waals surface area contributed by atoms with Crippen molar-refractivity contribution in [3.63, 3.8) is 0 Å². The molecule has 5 nitrogen and oxygen atoms in total. The van der Waals surface area contributed by atoms with Gasteiger partial charge in [0.1, 0.15) is 0 Å². The quantitative estimate of drug-likeness (QED) is 0.346. The van der Waals surface area contributed by atoms with E-state index in [1.54, 1.807) is 0 Å². The number of allylic oxidation sites excluding steroid dienone is 2. The third-order valence-electron chi connectivity index (χ3n) is 6.86. The second-order valence-electron chi connectivity index (χ2n) is 10.6. The largest absolute Gasteiger partial charge is 0.0683 e. The van der Waals surface area contributed by atoms with E-state index in [9.17, 15) is 4.79 Å². The van der Waals surface area contributed by atoms with Crippen LogP contribution in [0.2, 0.25) is 5.82 Å². The monoisotopic (exact) mass is 494 g/mol. The first kappa shape index (κ1) is 29.7. The number of amides is 1. The van der Waals surface area contributed by atoms with E-state index >= 15 is 0 Å². The van der Waals surface area contributed by atoms with Crippen LogP contribution in [-0.2, 0) is 16.1 Å². The number of carbonyl (C=O) groups excluding carboxylic acids is 1. The molecular formula is C30H47BN2O3. The fourth-order valence-electron chi connectivity index (χ4n) is 4.61. The Balaban J connectivity index is 0.00000222. The van der Waals surface area contributed by atoms with Crippen LogP contribution >= 0.6 is 0 Å². The van der Waals surface area contributed by atoms with Gasteiger partial charge < -0.3 is 0 Å². The van der Waals surface area contributed by atoms with E-state index in [1.165, 1.54) is 11.1 Å². The van der Waals surface area contributed by atoms with Gasteiger partial charge in [-0.25, -0.2) is 0 Å². The number of piperazine rings is 1. The smallest absolute Gasteiger partial charge is 0.0683 e. The van der Waals surface area contributed by atoms with Crippen molar-refractivity contribution in [3.05, 3.63) is 59.7 Å². The molecule has 0 N–H and O–H groups in total. The average molecular weight is 495 g/mol. The van der Waals surface area contributed by atoms with Crippen LogP contribution in [0.1, 0.15) is 73.8 Å². The normalized spacial score (nSPS) is 24.1. The van der Waals surface area contributed by atoms with Gasteiger partial charge in [-0.3, -0.25) is 0 Å². The van der Waals surface area contributed by atoms with Gasteiger partial charge in [0.25, 0.3) is 0 Å². The Kier molecular flexibility index (Phi) is 11.3. The van der Waals surface area contributed by atoms with Crippen LogP contribution in [0.15, 0.2) is 54.1 Å². The van der Waals surface area contributed by atoms with Gasteiger partial charge in [-0.1, -0.05) is 13.8 Å². The SMILES string of the molecule is C=C1C/C=C(/C)C(CC)B=C(OCc2ccccc2)N2CCN(C(=O)OC(C)(C)C)CC2C1C.CC. The maximum absolute atomic E-state index is 12.9. The Labute approximate surface area is 220 Å². The van der Waals surface area contributed by atoms with Gasteiger partial charge in [0.05, 0.1) is 0 Å². The van der Waals surface area contributed by atoms with Gasteiger partial charge in [0, 0.05) is 0 Å². The fraction of sp³-hybridized carbons (Fsp3) is 0.600. The molecule has 3 rings (SSSR count). The third kappa shape index (κ3) is 8.28. The summed E-state index contributed by atoms with van der Waals surface area (Å²) in [6.45, 7) is 25.5. The van der Waals surface area contributed by atoms with Crippen LogP contribution in [0.5, 0.6) is 0 Å². The number of ether oxygens (including phenoxy) is 2. The number of rotatable bonds is 4. The molecular weight excluding hydrogens is 447 g/mol. The Morgan fingerprint density at radius 2 is 1.83 bits per heavy atom. The summed E-state index contributed by atoms with van der Waals surface area (Å²) in [5.41, 5.74) is 3.16. The zero-order valence-corrected chi connectivity index (χ0v) is 23.8. The van der Waals surface area contributed by atoms with Gasteiger partial charge >= 0.3 is 207 Å². The number of hydrogen-bond acceptors (Lipinski definition) is 4. The number of benzene rings is 1. The van der Waals surface area contributed by atoms with Crippen molar-refractivity contribution >= 4 is 18.8 Å². The predicted molar refractivity (Wildman–Crippen MR) is 152 cm³/mol. The Morgan fingerprint density at radius 3 is 2.44 bits per heavy atom. The van der Waals surface area contributed by atoms with E-state index in [2.05, 4.69) is 57.4 Å². The molecule has 2 aliphatic heterocycles. The summed E-state index contributed by atoms with van der Waals surface area (Å²) >= 11 is 0. The van der Waals surface area contributed by atoms with Crippen molar-refractivity contribution in [2.24, 2.45) is 5.92 Å². The number of hydrogen-bond donors (Lipinski definition) is 0. The van der Waals surface area contributed by atoms with Crippen LogP contribution < -0.4 is 0 Å². The topological polar surface area (TPSA) is 42.0 Å². The van der Waals surface area contributed by atoms with Gasteiger partial charge in [-0.2, -0.15) is 0 Å². The number of fused-ring (bicyclic) bond motifs is 1. The minimum atomic E-state index is -0.514. The van der Waals surface area contributed by atoms with Crippen molar-refractivity contribution < 1.29 is 14.3 Å². The molecule has 0 radical (unpaired) electrons. The zero-order chi connectivity index (χ0) is 26.9. The summed E-state index contributed by atoms with van der Waals surface area (Å²) in [5, 5.41) is 0. The van der Waals surface area contributed by atoms with Crippen molar-refractivity contribution in [3.8, 4) is 0 Å². The molecule has 198 valence electrons. The molecule has 0 bridgehead atoms. The molecule has 1 fully saturated rings. The van der Waals surface area contributed by atoms with E-state index < -0.39 is 5.60 Å². The zero-order valence-electron chi connectivity index (χ0n) is 23.8. The van der Waals surface area contributed by atoms with Gasteiger partial charge in [0.2, 0.25) is 0 Å². The fourth-order valence-corrected chi connectivity index (χ4v) is 4.61. The maximum Gasteiger partial charge on any atom is -0.0683 e. The molecule has 3 atom stereocenters. The molecule has 2 heterocycles. The van der Waals surface area contributed by atoms with Gasteiger partial charge in [-0.15, -0.1) is 0 Å². The standard InChI is InChI=1S/C28H41BN2O3.C2H6/c1-8-24-21(3)15-14-20(2)22(4)25-18-30(27(32)34-28(5,6)7)16-17-31(25)26(29-24)33-19-23-12-10-9-11-13-23;1-2/h9-13,15,22,24-25H,2,8,14,16-19H2,1,3-7H3;1-2H3/b21-15-;. The summed E-state index contributed by atoms with van der Waals surface area (Å²) < 4.78 is 12.2. The average Bonchev–Trinajstić information content (AvgIpc) is 2.87. The maximum atomic E-state index is 12.9. The second-order valence-corrected chi connectivity index (χ2v) is 10.6. The van der Waals surface area contributed by atoms with Crippen LogP contribution in [0.3, 0.4) is 0 Å². The van der Waals surface area contributed by atoms with Crippen LogP contribution in [0.4, 0.5) is 4.79 Å². The first-order chi connectivity index (χ1) is 17.1. The van der Waals surface area contributed by atoms with E-state index in [-0.39, 0.29) is 18.1 Å². The van der Waals surface area contributed by atoms with E-state index in [0.717, 1.165) is 24.2 Å². The molecule has 1 aromatic rings. The number of carbonyl (C=O) groups is 1. The minimum absolute atomic E-state index is 0.0695. The summed E-state index contributed by atoms with van der Waals surface area (Å²) in [7, 11) is 0. The Hall–Kier alpha value is -2.50. The summed E-state index contributed by atoms with van der Waals surface area (Å²) in [5.74, 6) is 1.39. The molecule has 6 heteroatoms. The molecule has 1 saturated heterocycles. The first-order valence-corrected chi connectivity index (χ1v) is 13.6. The van der Waals surface area contributed by atoms with Gasteiger partial charge in [0.15, 0.2) is 0 Å². The molecule has 0 aromatic heterocycles. The van der Waals surface area contributed by atoms with Crippen molar-refractivity contribution in [1.82, 2.24) is 9.80 Å².